The number of para-hydroxylation sites is 1. The molecule has 1 aliphatic heterocycles. The molecule has 3 nitrogen and oxygen atoms in total. The maximum Gasteiger partial charge on any atom is 0.128 e. The molecule has 1 heterocycles. The van der Waals surface area contributed by atoms with E-state index in [-0.39, 0.29) is 0 Å². The molecule has 2 rings (SSSR count). The van der Waals surface area contributed by atoms with Gasteiger partial charge in [-0.15, -0.1) is 0 Å². The van der Waals surface area contributed by atoms with Crippen molar-refractivity contribution < 1.29 is 14.9 Å². The molecule has 1 aromatic rings. The van der Waals surface area contributed by atoms with Crippen molar-refractivity contribution in [3.8, 4) is 5.75 Å². The molecule has 0 amide bonds. The van der Waals surface area contributed by atoms with E-state index in [2.05, 4.69) is 0 Å². The molecule has 0 aromatic heterocycles. The lowest BCUT2D eigenvalue weighted by Gasteiger charge is -2.19. The number of aliphatic hydroxyl groups is 2. The molecule has 0 radical (unpaired) electrons. The Morgan fingerprint density at radius 3 is 2.94 bits per heavy atom. The van der Waals surface area contributed by atoms with Crippen LogP contribution in [0, 0.1) is 0 Å². The van der Waals surface area contributed by atoms with Gasteiger partial charge in [0, 0.05) is 12.0 Å². The van der Waals surface area contributed by atoms with E-state index in [0.717, 1.165) is 29.7 Å². The summed E-state index contributed by atoms with van der Waals surface area (Å²) in [4.78, 5) is 0. The zero-order valence-electron chi connectivity index (χ0n) is 9.52. The van der Waals surface area contributed by atoms with E-state index in [1.807, 2.05) is 25.1 Å². The van der Waals surface area contributed by atoms with Crippen molar-refractivity contribution >= 4 is 0 Å². The van der Waals surface area contributed by atoms with Crippen LogP contribution in [0.2, 0.25) is 0 Å². The molecule has 16 heavy (non-hydrogen) atoms. The van der Waals surface area contributed by atoms with Crippen LogP contribution in [0.1, 0.15) is 37.0 Å². The van der Waals surface area contributed by atoms with Gasteiger partial charge in [-0.3, -0.25) is 0 Å². The Kier molecular flexibility index (Phi) is 3.46. The molecule has 0 aliphatic carbocycles. The van der Waals surface area contributed by atoms with E-state index >= 15 is 0 Å². The fourth-order valence-corrected chi connectivity index (χ4v) is 2.13. The number of fused-ring (bicyclic) bond motifs is 1. The molecule has 2 N–H and O–H groups in total. The Labute approximate surface area is 95.7 Å². The van der Waals surface area contributed by atoms with E-state index in [1.54, 1.807) is 0 Å². The molecule has 2 unspecified atom stereocenters. The van der Waals surface area contributed by atoms with E-state index in [0.29, 0.717) is 13.0 Å². The van der Waals surface area contributed by atoms with Crippen molar-refractivity contribution in [2.75, 3.05) is 6.61 Å². The monoisotopic (exact) mass is 222 g/mol. The zero-order chi connectivity index (χ0) is 11.5. The number of hydrogen-bond donors (Lipinski definition) is 2. The highest BCUT2D eigenvalue weighted by atomic mass is 16.5. The van der Waals surface area contributed by atoms with Gasteiger partial charge in [-0.2, -0.15) is 0 Å². The van der Waals surface area contributed by atoms with Gasteiger partial charge in [0.05, 0.1) is 12.7 Å². The van der Waals surface area contributed by atoms with Crippen molar-refractivity contribution in [2.24, 2.45) is 0 Å². The van der Waals surface area contributed by atoms with Gasteiger partial charge in [-0.1, -0.05) is 31.5 Å². The lowest BCUT2D eigenvalue weighted by molar-refractivity contribution is 0.0118. The summed E-state index contributed by atoms with van der Waals surface area (Å²) in [5.41, 5.74) is 1.84. The van der Waals surface area contributed by atoms with Crippen molar-refractivity contribution in [1.82, 2.24) is 0 Å². The molecule has 0 saturated carbocycles. The predicted molar refractivity (Wildman–Crippen MR) is 61.5 cm³/mol. The maximum absolute atomic E-state index is 10.1. The number of hydrogen-bond acceptors (Lipinski definition) is 3. The summed E-state index contributed by atoms with van der Waals surface area (Å²) in [6.07, 6.45) is 0.798. The predicted octanol–water partition coefficient (Wildman–Crippen LogP) is 1.82. The largest absolute Gasteiger partial charge is 0.493 e. The highest BCUT2D eigenvalue weighted by molar-refractivity contribution is 5.45. The van der Waals surface area contributed by atoms with E-state index in [4.69, 9.17) is 4.74 Å². The van der Waals surface area contributed by atoms with Gasteiger partial charge in [0.1, 0.15) is 11.9 Å². The van der Waals surface area contributed by atoms with Gasteiger partial charge in [0.15, 0.2) is 0 Å². The first-order valence-electron chi connectivity index (χ1n) is 5.84. The van der Waals surface area contributed by atoms with Crippen LogP contribution in [0.15, 0.2) is 18.2 Å². The molecule has 1 aromatic carbocycles. The average Bonchev–Trinajstić information content (AvgIpc) is 2.76. The smallest absolute Gasteiger partial charge is 0.128 e. The normalized spacial score (nSPS) is 17.7. The van der Waals surface area contributed by atoms with E-state index in [1.165, 1.54) is 0 Å². The molecule has 0 fully saturated rings. The van der Waals surface area contributed by atoms with E-state index in [9.17, 15) is 10.2 Å². The van der Waals surface area contributed by atoms with Crippen LogP contribution in [0.3, 0.4) is 0 Å². The molecular formula is C13H18O3. The van der Waals surface area contributed by atoms with Crippen molar-refractivity contribution in [2.45, 2.75) is 38.4 Å². The Morgan fingerprint density at radius 2 is 2.19 bits per heavy atom. The average molecular weight is 222 g/mol. The third kappa shape index (κ3) is 2.06. The summed E-state index contributed by atoms with van der Waals surface area (Å²) in [6, 6.07) is 5.74. The summed E-state index contributed by atoms with van der Waals surface area (Å²) in [5.74, 6) is 0.769. The van der Waals surface area contributed by atoms with Crippen molar-refractivity contribution in [3.63, 3.8) is 0 Å². The van der Waals surface area contributed by atoms with Gasteiger partial charge in [0.25, 0.3) is 0 Å². The second-order valence-corrected chi connectivity index (χ2v) is 4.23. The second kappa shape index (κ2) is 4.85. The number of rotatable bonds is 4. The van der Waals surface area contributed by atoms with E-state index < -0.39 is 12.2 Å². The van der Waals surface area contributed by atoms with Crippen LogP contribution in [-0.2, 0) is 6.42 Å². The highest BCUT2D eigenvalue weighted by Gasteiger charge is 2.24. The number of ether oxygens (including phenoxy) is 1. The van der Waals surface area contributed by atoms with Gasteiger partial charge >= 0.3 is 0 Å². The van der Waals surface area contributed by atoms with Crippen molar-refractivity contribution in [1.29, 1.82) is 0 Å². The minimum absolute atomic E-state index is 0.602. The van der Waals surface area contributed by atoms with Crippen LogP contribution in [0.25, 0.3) is 0 Å². The molecule has 0 spiro atoms. The minimum atomic E-state index is -0.840. The number of aliphatic hydroxyl groups excluding tert-OH is 2. The summed E-state index contributed by atoms with van der Waals surface area (Å²) in [7, 11) is 0. The van der Waals surface area contributed by atoms with Crippen LogP contribution < -0.4 is 4.74 Å². The molecule has 2 atom stereocenters. The third-order valence-electron chi connectivity index (χ3n) is 3.01. The number of benzene rings is 1. The zero-order valence-corrected chi connectivity index (χ0v) is 9.52. The van der Waals surface area contributed by atoms with Gasteiger partial charge < -0.3 is 14.9 Å². The minimum Gasteiger partial charge on any atom is -0.493 e. The lowest BCUT2D eigenvalue weighted by Crippen LogP contribution is -2.18. The Bertz CT molecular complexity index is 362. The molecule has 0 bridgehead atoms. The van der Waals surface area contributed by atoms with Crippen molar-refractivity contribution in [3.05, 3.63) is 29.3 Å². The quantitative estimate of drug-likeness (QED) is 0.817. The van der Waals surface area contributed by atoms with Gasteiger partial charge in [-0.25, -0.2) is 0 Å². The summed E-state index contributed by atoms with van der Waals surface area (Å²) >= 11 is 0. The Morgan fingerprint density at radius 1 is 1.38 bits per heavy atom. The fraction of sp³-hybridized carbons (Fsp3) is 0.538. The summed E-state index contributed by atoms with van der Waals surface area (Å²) in [5, 5.41) is 19.9. The lowest BCUT2D eigenvalue weighted by atomic mass is 9.98. The summed E-state index contributed by atoms with van der Waals surface area (Å²) in [6.45, 7) is 2.66. The molecule has 88 valence electrons. The third-order valence-corrected chi connectivity index (χ3v) is 3.01. The molecule has 1 aliphatic rings. The van der Waals surface area contributed by atoms with Crippen LogP contribution in [0.5, 0.6) is 5.75 Å². The summed E-state index contributed by atoms with van der Waals surface area (Å²) < 4.78 is 5.51. The topological polar surface area (TPSA) is 49.7 Å². The fourth-order valence-electron chi connectivity index (χ4n) is 2.13. The van der Waals surface area contributed by atoms with Gasteiger partial charge in [-0.05, 0) is 12.0 Å². The Balaban J connectivity index is 2.23. The first kappa shape index (κ1) is 11.4. The Hall–Kier alpha value is -1.06. The molecular weight excluding hydrogens is 204 g/mol. The first-order chi connectivity index (χ1) is 7.74. The highest BCUT2D eigenvalue weighted by Crippen LogP contribution is 2.35. The first-order valence-corrected chi connectivity index (χ1v) is 5.84. The van der Waals surface area contributed by atoms with Gasteiger partial charge in [0.2, 0.25) is 0 Å². The van der Waals surface area contributed by atoms with Crippen LogP contribution in [0.4, 0.5) is 0 Å². The SMILES string of the molecule is CCCC(O)C(O)c1cccc2c1OCC2. The van der Waals surface area contributed by atoms with Crippen LogP contribution in [-0.4, -0.2) is 22.9 Å². The standard InChI is InChI=1S/C13H18O3/c1-2-4-11(14)12(15)10-6-3-5-9-7-8-16-13(9)10/h3,5-6,11-12,14-15H,2,4,7-8H2,1H3. The molecule has 0 saturated heterocycles. The molecule has 3 heteroatoms. The second-order valence-electron chi connectivity index (χ2n) is 4.23. The van der Waals surface area contributed by atoms with Crippen LogP contribution >= 0.6 is 0 Å². The maximum atomic E-state index is 10.1.